The first-order valence-electron chi connectivity index (χ1n) is 10.1. The van der Waals surface area contributed by atoms with Crippen LogP contribution in [0.5, 0.6) is 0 Å². The number of nitro groups is 1. The minimum atomic E-state index is -0.423. The summed E-state index contributed by atoms with van der Waals surface area (Å²) in [6.07, 6.45) is 10.0. The summed E-state index contributed by atoms with van der Waals surface area (Å²) >= 11 is 6.15. The lowest BCUT2D eigenvalue weighted by molar-refractivity contribution is -0.384. The van der Waals surface area contributed by atoms with Crippen LogP contribution in [-0.4, -0.2) is 11.1 Å². The van der Waals surface area contributed by atoms with Gasteiger partial charge in [0.2, 0.25) is 0 Å². The minimum Gasteiger partial charge on any atom is -0.258 e. The molecule has 0 heterocycles. The van der Waals surface area contributed by atoms with Gasteiger partial charge in [-0.05, 0) is 85.5 Å². The Labute approximate surface area is 169 Å². The third kappa shape index (κ3) is 3.14. The van der Waals surface area contributed by atoms with Crippen molar-refractivity contribution in [1.82, 2.24) is 0 Å². The van der Waals surface area contributed by atoms with Gasteiger partial charge in [0, 0.05) is 28.9 Å². The van der Waals surface area contributed by atoms with E-state index in [0.29, 0.717) is 16.0 Å². The largest absolute Gasteiger partial charge is 0.270 e. The molecule has 0 amide bonds. The number of hydrogen-bond donors (Lipinski definition) is 0. The zero-order valence-corrected chi connectivity index (χ0v) is 16.4. The molecule has 6 rings (SSSR count). The van der Waals surface area contributed by atoms with Crippen LogP contribution in [0, 0.1) is 27.9 Å². The first-order valence-corrected chi connectivity index (χ1v) is 10.5. The average Bonchev–Trinajstić information content (AvgIpc) is 2.66. The number of aliphatic imine (C=N–C) groups is 1. The molecular weight excluding hydrogens is 372 g/mol. The Bertz CT molecular complexity index is 916. The van der Waals surface area contributed by atoms with Crippen LogP contribution < -0.4 is 0 Å². The Balaban J connectivity index is 1.37. The molecule has 2 aromatic rings. The van der Waals surface area contributed by atoms with Crippen LogP contribution in [0.15, 0.2) is 47.5 Å². The van der Waals surface area contributed by atoms with E-state index >= 15 is 0 Å². The number of nitrogens with zero attached hydrogens (tertiary/aromatic N) is 2. The Hall–Kier alpha value is -2.20. The van der Waals surface area contributed by atoms with Gasteiger partial charge in [0.25, 0.3) is 5.69 Å². The van der Waals surface area contributed by atoms with Crippen molar-refractivity contribution in [3.8, 4) is 0 Å². The van der Waals surface area contributed by atoms with Crippen molar-refractivity contribution >= 4 is 29.2 Å². The van der Waals surface area contributed by atoms with E-state index in [1.54, 1.807) is 6.21 Å². The number of hydrogen-bond acceptors (Lipinski definition) is 3. The van der Waals surface area contributed by atoms with E-state index in [4.69, 9.17) is 11.6 Å². The molecule has 0 radical (unpaired) electrons. The van der Waals surface area contributed by atoms with Gasteiger partial charge in [0.05, 0.1) is 10.6 Å². The van der Waals surface area contributed by atoms with Crippen molar-refractivity contribution in [2.45, 2.75) is 43.9 Å². The van der Waals surface area contributed by atoms with Crippen LogP contribution in [0.25, 0.3) is 0 Å². The molecule has 5 heteroatoms. The molecule has 4 aliphatic carbocycles. The molecule has 4 aliphatic rings. The molecule has 4 bridgehead atoms. The predicted molar refractivity (Wildman–Crippen MR) is 112 cm³/mol. The summed E-state index contributed by atoms with van der Waals surface area (Å²) in [5.41, 5.74) is 3.28. The Morgan fingerprint density at radius 1 is 1.00 bits per heavy atom. The van der Waals surface area contributed by atoms with E-state index in [2.05, 4.69) is 29.3 Å². The topological polar surface area (TPSA) is 55.5 Å². The van der Waals surface area contributed by atoms with Crippen molar-refractivity contribution in [3.05, 3.63) is 68.7 Å². The molecule has 0 N–H and O–H groups in total. The summed E-state index contributed by atoms with van der Waals surface area (Å²) in [6.45, 7) is 0. The zero-order chi connectivity index (χ0) is 19.3. The summed E-state index contributed by atoms with van der Waals surface area (Å²) in [5, 5.41) is 11.4. The van der Waals surface area contributed by atoms with Crippen molar-refractivity contribution in [1.29, 1.82) is 0 Å². The highest BCUT2D eigenvalue weighted by atomic mass is 35.5. The number of halogens is 1. The fourth-order valence-electron chi connectivity index (χ4n) is 6.25. The predicted octanol–water partition coefficient (Wildman–Crippen LogP) is 6.47. The lowest BCUT2D eigenvalue weighted by Gasteiger charge is -2.57. The van der Waals surface area contributed by atoms with Gasteiger partial charge < -0.3 is 0 Å². The van der Waals surface area contributed by atoms with E-state index in [-0.39, 0.29) is 5.69 Å². The van der Waals surface area contributed by atoms with Crippen molar-refractivity contribution < 1.29 is 4.92 Å². The number of nitro benzene ring substituents is 1. The van der Waals surface area contributed by atoms with Crippen LogP contribution in [0.4, 0.5) is 11.4 Å². The molecule has 0 atom stereocenters. The second-order valence-corrected chi connectivity index (χ2v) is 9.37. The number of non-ortho nitro benzene ring substituents is 1. The van der Waals surface area contributed by atoms with Crippen LogP contribution in [0.1, 0.15) is 49.7 Å². The second-order valence-electron chi connectivity index (χ2n) is 8.97. The summed E-state index contributed by atoms with van der Waals surface area (Å²) in [5.74, 6) is 2.79. The third-order valence-electron chi connectivity index (χ3n) is 7.06. The highest BCUT2D eigenvalue weighted by Gasteiger charge is 2.51. The van der Waals surface area contributed by atoms with Gasteiger partial charge in [-0.1, -0.05) is 23.7 Å². The maximum absolute atomic E-state index is 11.0. The SMILES string of the molecule is O=[N+]([O-])c1ccc(Cl)c(C=Nc2ccc(C34CC5CC(CC(C5)C3)C4)cc2)c1. The standard InChI is InChI=1S/C23H23ClN2O2/c24-22-6-5-21(26(27)28)10-18(22)14-25-20-3-1-19(2-4-20)23-11-15-7-16(12-23)9-17(8-15)13-23/h1-6,10,14-17H,7-9,11-13H2. The molecule has 2 aromatic carbocycles. The van der Waals surface area contributed by atoms with Crippen molar-refractivity contribution in [2.24, 2.45) is 22.7 Å². The molecule has 28 heavy (non-hydrogen) atoms. The fraction of sp³-hybridized carbons (Fsp3) is 0.435. The van der Waals surface area contributed by atoms with E-state index in [0.717, 1.165) is 23.4 Å². The smallest absolute Gasteiger partial charge is 0.258 e. The van der Waals surface area contributed by atoms with Gasteiger partial charge in [-0.2, -0.15) is 0 Å². The zero-order valence-electron chi connectivity index (χ0n) is 15.7. The maximum Gasteiger partial charge on any atom is 0.270 e. The van der Waals surface area contributed by atoms with Crippen LogP contribution in [-0.2, 0) is 5.41 Å². The summed E-state index contributed by atoms with van der Waals surface area (Å²) in [6, 6.07) is 13.0. The van der Waals surface area contributed by atoms with Crippen molar-refractivity contribution in [3.63, 3.8) is 0 Å². The van der Waals surface area contributed by atoms with E-state index < -0.39 is 4.92 Å². The van der Waals surface area contributed by atoms with E-state index in [1.807, 2.05) is 0 Å². The Morgan fingerprint density at radius 3 is 2.18 bits per heavy atom. The first kappa shape index (κ1) is 17.9. The lowest BCUT2D eigenvalue weighted by Crippen LogP contribution is -2.48. The highest BCUT2D eigenvalue weighted by molar-refractivity contribution is 6.33. The van der Waals surface area contributed by atoms with Crippen LogP contribution in [0.3, 0.4) is 0 Å². The quantitative estimate of drug-likeness (QED) is 0.339. The van der Waals surface area contributed by atoms with Gasteiger partial charge in [-0.25, -0.2) is 0 Å². The maximum atomic E-state index is 11.0. The monoisotopic (exact) mass is 394 g/mol. The second kappa shape index (κ2) is 6.70. The molecule has 4 fully saturated rings. The Kier molecular flexibility index (Phi) is 4.27. The van der Waals surface area contributed by atoms with Gasteiger partial charge in [0.15, 0.2) is 0 Å². The Morgan fingerprint density at radius 2 is 1.61 bits per heavy atom. The van der Waals surface area contributed by atoms with Crippen LogP contribution in [0.2, 0.25) is 5.02 Å². The number of rotatable bonds is 4. The molecule has 4 saturated carbocycles. The normalized spacial score (nSPS) is 30.8. The van der Waals surface area contributed by atoms with Gasteiger partial charge >= 0.3 is 0 Å². The summed E-state index contributed by atoms with van der Waals surface area (Å²) in [7, 11) is 0. The molecule has 4 nitrogen and oxygen atoms in total. The highest BCUT2D eigenvalue weighted by Crippen LogP contribution is 2.60. The molecule has 0 spiro atoms. The van der Waals surface area contributed by atoms with Gasteiger partial charge in [-0.3, -0.25) is 15.1 Å². The molecule has 0 aromatic heterocycles. The fourth-order valence-corrected chi connectivity index (χ4v) is 6.42. The van der Waals surface area contributed by atoms with Gasteiger partial charge in [-0.15, -0.1) is 0 Å². The lowest BCUT2D eigenvalue weighted by atomic mass is 9.48. The van der Waals surface area contributed by atoms with Gasteiger partial charge in [0.1, 0.15) is 0 Å². The average molecular weight is 395 g/mol. The van der Waals surface area contributed by atoms with E-state index in [9.17, 15) is 10.1 Å². The molecular formula is C23H23ClN2O2. The van der Waals surface area contributed by atoms with E-state index in [1.165, 1.54) is 62.3 Å². The molecule has 144 valence electrons. The molecule has 0 saturated heterocycles. The third-order valence-corrected chi connectivity index (χ3v) is 7.41. The minimum absolute atomic E-state index is 0.0167. The first-order chi connectivity index (χ1) is 13.5. The molecule has 0 unspecified atom stereocenters. The van der Waals surface area contributed by atoms with Crippen molar-refractivity contribution in [2.75, 3.05) is 0 Å². The summed E-state index contributed by atoms with van der Waals surface area (Å²) in [4.78, 5) is 15.0. The number of benzene rings is 2. The molecule has 0 aliphatic heterocycles. The van der Waals surface area contributed by atoms with Crippen LogP contribution >= 0.6 is 11.6 Å². The summed E-state index contributed by atoms with van der Waals surface area (Å²) < 4.78 is 0.